The molecule has 0 fully saturated rings. The van der Waals surface area contributed by atoms with Crippen molar-refractivity contribution >= 4 is 5.91 Å². The zero-order valence-electron chi connectivity index (χ0n) is 14.1. The van der Waals surface area contributed by atoms with E-state index in [0.29, 0.717) is 17.7 Å². The van der Waals surface area contributed by atoms with Crippen LogP contribution in [-0.2, 0) is 17.9 Å². The lowest BCUT2D eigenvalue weighted by Crippen LogP contribution is -2.23. The van der Waals surface area contributed by atoms with Crippen LogP contribution in [0.2, 0.25) is 0 Å². The predicted octanol–water partition coefficient (Wildman–Crippen LogP) is 4.31. The third kappa shape index (κ3) is 6.58. The van der Waals surface area contributed by atoms with Crippen LogP contribution in [0.1, 0.15) is 32.6 Å². The quantitative estimate of drug-likeness (QED) is 0.842. The predicted molar refractivity (Wildman–Crippen MR) is 89.2 cm³/mol. The third-order valence-electron chi connectivity index (χ3n) is 3.49. The Morgan fingerprint density at radius 2 is 1.56 bits per heavy atom. The van der Waals surface area contributed by atoms with Crippen molar-refractivity contribution in [2.45, 2.75) is 33.2 Å². The minimum Gasteiger partial charge on any atom is -0.367 e. The number of carbonyl (C=O) groups excluding carboxylic acids is 1. The molecule has 0 unspecified atom stereocenters. The first-order valence-corrected chi connectivity index (χ1v) is 7.82. The zero-order valence-corrected chi connectivity index (χ0v) is 14.1. The number of hydrogen-bond acceptors (Lipinski definition) is 2. The van der Waals surface area contributed by atoms with E-state index in [4.69, 9.17) is 0 Å². The van der Waals surface area contributed by atoms with Gasteiger partial charge in [-0.3, -0.25) is 4.79 Å². The van der Waals surface area contributed by atoms with Crippen molar-refractivity contribution in [1.29, 1.82) is 0 Å². The monoisotopic (exact) mass is 351 g/mol. The van der Waals surface area contributed by atoms with Crippen molar-refractivity contribution in [3.05, 3.63) is 70.3 Å². The second kappa shape index (κ2) is 8.16. The zero-order chi connectivity index (χ0) is 18.4. The van der Waals surface area contributed by atoms with Gasteiger partial charge in [-0.05, 0) is 37.1 Å². The van der Waals surface area contributed by atoms with E-state index in [1.54, 1.807) is 24.3 Å². The van der Waals surface area contributed by atoms with Crippen molar-refractivity contribution < 1.29 is 22.7 Å². The lowest BCUT2D eigenvalue weighted by atomic mass is 10.1. The molecule has 0 aliphatic carbocycles. The van der Waals surface area contributed by atoms with Gasteiger partial charge in [-0.15, -0.1) is 0 Å². The molecule has 2 rings (SSSR count). The number of nitrogens with one attached hydrogen (secondary N) is 1. The lowest BCUT2D eigenvalue weighted by molar-refractivity contribution is -0.176. The number of amides is 1. The van der Waals surface area contributed by atoms with E-state index in [-0.39, 0.29) is 12.5 Å². The summed E-state index contributed by atoms with van der Waals surface area (Å²) in [6, 6.07) is 12.5. The van der Waals surface area contributed by atoms with Gasteiger partial charge in [0.1, 0.15) is 6.61 Å². The van der Waals surface area contributed by atoms with Crippen LogP contribution in [0.3, 0.4) is 0 Å². The highest BCUT2D eigenvalue weighted by molar-refractivity contribution is 5.94. The summed E-state index contributed by atoms with van der Waals surface area (Å²) in [7, 11) is 0. The standard InChI is InChI=1S/C19H20F3NO2/c1-13-7-14(2)9-17(8-13)18(24)23-10-15-3-5-16(6-4-15)11-25-12-19(20,21)22/h3-9H,10-12H2,1-2H3,(H,23,24). The first-order valence-electron chi connectivity index (χ1n) is 7.82. The molecule has 0 heterocycles. The Labute approximate surface area is 144 Å². The first kappa shape index (κ1) is 19.0. The van der Waals surface area contributed by atoms with E-state index in [1.807, 2.05) is 32.0 Å². The smallest absolute Gasteiger partial charge is 0.367 e. The first-order chi connectivity index (χ1) is 11.7. The molecule has 0 spiro atoms. The van der Waals surface area contributed by atoms with Crippen LogP contribution in [-0.4, -0.2) is 18.7 Å². The van der Waals surface area contributed by atoms with E-state index in [0.717, 1.165) is 16.7 Å². The molecule has 0 bridgehead atoms. The molecule has 134 valence electrons. The number of halogens is 3. The molecule has 0 radical (unpaired) electrons. The maximum absolute atomic E-state index is 12.2. The van der Waals surface area contributed by atoms with Gasteiger partial charge in [0.25, 0.3) is 5.91 Å². The van der Waals surface area contributed by atoms with Crippen molar-refractivity contribution in [2.24, 2.45) is 0 Å². The lowest BCUT2D eigenvalue weighted by Gasteiger charge is -2.09. The molecular weight excluding hydrogens is 331 g/mol. The summed E-state index contributed by atoms with van der Waals surface area (Å²) in [5.74, 6) is -0.163. The number of alkyl halides is 3. The minimum absolute atomic E-state index is 0.102. The average Bonchev–Trinajstić information content (AvgIpc) is 2.51. The van der Waals surface area contributed by atoms with Gasteiger partial charge in [0.15, 0.2) is 0 Å². The maximum Gasteiger partial charge on any atom is 0.411 e. The van der Waals surface area contributed by atoms with Crippen molar-refractivity contribution in [3.8, 4) is 0 Å². The minimum atomic E-state index is -4.32. The molecule has 0 aromatic heterocycles. The van der Waals surface area contributed by atoms with Crippen molar-refractivity contribution in [3.63, 3.8) is 0 Å². The summed E-state index contributed by atoms with van der Waals surface area (Å²) >= 11 is 0. The highest BCUT2D eigenvalue weighted by Crippen LogP contribution is 2.16. The topological polar surface area (TPSA) is 38.3 Å². The van der Waals surface area contributed by atoms with Crippen LogP contribution >= 0.6 is 0 Å². The molecule has 0 atom stereocenters. The summed E-state index contributed by atoms with van der Waals surface area (Å²) in [5.41, 5.74) is 4.15. The van der Waals surface area contributed by atoms with E-state index < -0.39 is 12.8 Å². The molecule has 0 saturated carbocycles. The summed E-state index contributed by atoms with van der Waals surface area (Å²) in [6.45, 7) is 2.84. The Hall–Kier alpha value is -2.34. The molecule has 3 nitrogen and oxygen atoms in total. The van der Waals surface area contributed by atoms with E-state index >= 15 is 0 Å². The number of ether oxygens (including phenoxy) is 1. The van der Waals surface area contributed by atoms with Crippen LogP contribution in [0.25, 0.3) is 0 Å². The number of carbonyl (C=O) groups is 1. The van der Waals surface area contributed by atoms with E-state index in [9.17, 15) is 18.0 Å². The van der Waals surface area contributed by atoms with Crippen LogP contribution < -0.4 is 5.32 Å². The number of hydrogen-bond donors (Lipinski definition) is 1. The largest absolute Gasteiger partial charge is 0.411 e. The van der Waals surface area contributed by atoms with Crippen molar-refractivity contribution in [1.82, 2.24) is 5.32 Å². The van der Waals surface area contributed by atoms with Gasteiger partial charge in [0, 0.05) is 12.1 Å². The molecule has 1 N–H and O–H groups in total. The fourth-order valence-electron chi connectivity index (χ4n) is 2.43. The maximum atomic E-state index is 12.2. The van der Waals surface area contributed by atoms with E-state index in [1.165, 1.54) is 0 Å². The molecule has 1 amide bonds. The van der Waals surface area contributed by atoms with Gasteiger partial charge in [-0.25, -0.2) is 0 Å². The summed E-state index contributed by atoms with van der Waals surface area (Å²) < 4.78 is 40.7. The number of rotatable bonds is 6. The Morgan fingerprint density at radius 1 is 1.00 bits per heavy atom. The van der Waals surface area contributed by atoms with Gasteiger partial charge >= 0.3 is 6.18 Å². The molecule has 0 aliphatic heterocycles. The van der Waals surface area contributed by atoms with E-state index in [2.05, 4.69) is 10.1 Å². The second-order valence-electron chi connectivity index (χ2n) is 5.98. The molecule has 6 heteroatoms. The number of aryl methyl sites for hydroxylation is 2. The molecule has 2 aromatic rings. The fraction of sp³-hybridized carbons (Fsp3) is 0.316. The van der Waals surface area contributed by atoms with Gasteiger partial charge in [-0.1, -0.05) is 41.5 Å². The summed E-state index contributed by atoms with van der Waals surface area (Å²) in [4.78, 5) is 12.2. The van der Waals surface area contributed by atoms with Crippen LogP contribution in [0.4, 0.5) is 13.2 Å². The van der Waals surface area contributed by atoms with Crippen molar-refractivity contribution in [2.75, 3.05) is 6.61 Å². The molecule has 2 aromatic carbocycles. The highest BCUT2D eigenvalue weighted by atomic mass is 19.4. The van der Waals surface area contributed by atoms with Gasteiger partial charge < -0.3 is 10.1 Å². The van der Waals surface area contributed by atoms with Crippen LogP contribution in [0.15, 0.2) is 42.5 Å². The Morgan fingerprint density at radius 3 is 2.12 bits per heavy atom. The van der Waals surface area contributed by atoms with Gasteiger partial charge in [-0.2, -0.15) is 13.2 Å². The summed E-state index contributed by atoms with van der Waals surface area (Å²) in [6.07, 6.45) is -4.32. The highest BCUT2D eigenvalue weighted by Gasteiger charge is 2.27. The third-order valence-corrected chi connectivity index (χ3v) is 3.49. The van der Waals surface area contributed by atoms with Crippen LogP contribution in [0.5, 0.6) is 0 Å². The van der Waals surface area contributed by atoms with Gasteiger partial charge in [0.05, 0.1) is 6.61 Å². The normalized spacial score (nSPS) is 11.4. The SMILES string of the molecule is Cc1cc(C)cc(C(=O)NCc2ccc(COCC(F)(F)F)cc2)c1. The Kier molecular flexibility index (Phi) is 6.20. The molecule has 25 heavy (non-hydrogen) atoms. The molecule has 0 aliphatic rings. The average molecular weight is 351 g/mol. The Bertz CT molecular complexity index is 704. The molecular formula is C19H20F3NO2. The second-order valence-corrected chi connectivity index (χ2v) is 5.98. The molecule has 0 saturated heterocycles. The summed E-state index contributed by atoms with van der Waals surface area (Å²) in [5, 5.41) is 2.83. The van der Waals surface area contributed by atoms with Gasteiger partial charge in [0.2, 0.25) is 0 Å². The fourth-order valence-corrected chi connectivity index (χ4v) is 2.43. The number of benzene rings is 2. The van der Waals surface area contributed by atoms with Crippen LogP contribution in [0, 0.1) is 13.8 Å². The Balaban J connectivity index is 1.85.